The van der Waals surface area contributed by atoms with Gasteiger partial charge in [0.1, 0.15) is 0 Å². The van der Waals surface area contributed by atoms with Gasteiger partial charge in [0.25, 0.3) is 5.91 Å². The van der Waals surface area contributed by atoms with E-state index in [1.807, 2.05) is 10.7 Å². The first-order valence-electron chi connectivity index (χ1n) is 9.72. The van der Waals surface area contributed by atoms with Crippen LogP contribution in [-0.4, -0.2) is 42.9 Å². The number of carbonyl (C=O) groups excluding carboxylic acids is 1. The summed E-state index contributed by atoms with van der Waals surface area (Å²) in [5.74, 6) is 0.0112. The Bertz CT molecular complexity index is 734. The molecule has 0 aliphatic carbocycles. The Morgan fingerprint density at radius 3 is 2.54 bits per heavy atom. The number of carbonyl (C=O) groups is 1. The van der Waals surface area contributed by atoms with Gasteiger partial charge in [-0.05, 0) is 37.5 Å². The van der Waals surface area contributed by atoms with Crippen LogP contribution in [0.4, 0.5) is 0 Å². The maximum Gasteiger partial charge on any atom is 0.255 e. The van der Waals surface area contributed by atoms with Crippen LogP contribution in [-0.2, 0) is 12.8 Å². The second-order valence-corrected chi connectivity index (χ2v) is 7.23. The van der Waals surface area contributed by atoms with Gasteiger partial charge in [-0.25, -0.2) is 4.68 Å². The third kappa shape index (κ3) is 4.94. The zero-order valence-corrected chi connectivity index (χ0v) is 16.9. The van der Waals surface area contributed by atoms with Crippen molar-refractivity contribution >= 4 is 5.91 Å². The highest BCUT2D eigenvalue weighted by molar-refractivity contribution is 5.96. The summed E-state index contributed by atoms with van der Waals surface area (Å²) in [6.07, 6.45) is 3.60. The molecule has 142 valence electrons. The molecule has 0 atom stereocenters. The Balaban J connectivity index is 2.45. The SMILES string of the molecule is CCCc1nn(-c2cccc(C)c2)c(CCC)c1C(=O)NCC[NH+](C)C. The van der Waals surface area contributed by atoms with E-state index in [0.717, 1.165) is 54.9 Å². The molecule has 0 aliphatic rings. The molecule has 1 aromatic heterocycles. The first-order chi connectivity index (χ1) is 12.5. The number of quaternary nitrogens is 1. The molecule has 0 saturated heterocycles. The fraction of sp³-hybridized carbons (Fsp3) is 0.524. The van der Waals surface area contributed by atoms with E-state index in [1.165, 1.54) is 10.5 Å². The van der Waals surface area contributed by atoms with Crippen LogP contribution in [0.25, 0.3) is 5.69 Å². The molecule has 1 aromatic carbocycles. The lowest BCUT2D eigenvalue weighted by atomic mass is 10.1. The van der Waals surface area contributed by atoms with Gasteiger partial charge in [0.2, 0.25) is 0 Å². The molecule has 1 amide bonds. The predicted molar refractivity (Wildman–Crippen MR) is 106 cm³/mol. The minimum Gasteiger partial charge on any atom is -0.346 e. The van der Waals surface area contributed by atoms with Gasteiger partial charge in [-0.15, -0.1) is 0 Å². The Hall–Kier alpha value is -2.14. The average molecular weight is 358 g/mol. The molecule has 2 rings (SSSR count). The molecule has 0 unspecified atom stereocenters. The second kappa shape index (κ2) is 9.53. The monoisotopic (exact) mass is 357 g/mol. The Kier molecular flexibility index (Phi) is 7.39. The van der Waals surface area contributed by atoms with E-state index in [4.69, 9.17) is 5.10 Å². The quantitative estimate of drug-likeness (QED) is 0.721. The summed E-state index contributed by atoms with van der Waals surface area (Å²) in [5, 5.41) is 7.94. The van der Waals surface area contributed by atoms with Crippen molar-refractivity contribution in [1.82, 2.24) is 15.1 Å². The number of aromatic nitrogens is 2. The molecule has 5 nitrogen and oxygen atoms in total. The standard InChI is InChI=1S/C21H32N4O/c1-6-9-18-20(21(26)22-13-14-24(4)5)19(10-7-2)25(23-18)17-12-8-11-16(3)15-17/h8,11-12,15H,6-7,9-10,13-14H2,1-5H3,(H,22,26)/p+1. The van der Waals surface area contributed by atoms with Gasteiger partial charge < -0.3 is 10.2 Å². The first kappa shape index (κ1) is 20.2. The van der Waals surface area contributed by atoms with E-state index in [-0.39, 0.29) is 5.91 Å². The molecule has 0 aliphatic heterocycles. The second-order valence-electron chi connectivity index (χ2n) is 7.23. The number of nitrogens with zero attached hydrogens (tertiary/aromatic N) is 2. The molecule has 2 N–H and O–H groups in total. The molecule has 0 spiro atoms. The Labute approximate surface area is 157 Å². The third-order valence-electron chi connectivity index (χ3n) is 4.41. The van der Waals surface area contributed by atoms with E-state index in [2.05, 4.69) is 58.4 Å². The van der Waals surface area contributed by atoms with Crippen LogP contribution in [0.3, 0.4) is 0 Å². The predicted octanol–water partition coefficient (Wildman–Crippen LogP) is 1.96. The lowest BCUT2D eigenvalue weighted by Gasteiger charge is -2.11. The molecule has 2 aromatic rings. The van der Waals surface area contributed by atoms with Crippen LogP contribution < -0.4 is 10.2 Å². The number of nitrogens with one attached hydrogen (secondary N) is 2. The van der Waals surface area contributed by atoms with Crippen LogP contribution in [0, 0.1) is 6.92 Å². The Morgan fingerprint density at radius 1 is 1.19 bits per heavy atom. The van der Waals surface area contributed by atoms with Crippen LogP contribution in [0.15, 0.2) is 24.3 Å². The molecular weight excluding hydrogens is 324 g/mol. The number of aryl methyl sites for hydroxylation is 2. The number of hydrogen-bond donors (Lipinski definition) is 2. The maximum absolute atomic E-state index is 13.0. The summed E-state index contributed by atoms with van der Waals surface area (Å²) in [7, 11) is 4.18. The van der Waals surface area contributed by atoms with Gasteiger partial charge in [0, 0.05) is 0 Å². The van der Waals surface area contributed by atoms with Crippen molar-refractivity contribution in [3.05, 3.63) is 46.8 Å². The van der Waals surface area contributed by atoms with Crippen molar-refractivity contribution in [2.75, 3.05) is 27.2 Å². The molecule has 26 heavy (non-hydrogen) atoms. The molecule has 0 saturated carbocycles. The Morgan fingerprint density at radius 2 is 1.92 bits per heavy atom. The van der Waals surface area contributed by atoms with Gasteiger partial charge >= 0.3 is 0 Å². The molecular formula is C21H33N4O+. The van der Waals surface area contributed by atoms with Gasteiger partial charge in [0.05, 0.1) is 49.8 Å². The number of hydrogen-bond acceptors (Lipinski definition) is 2. The normalized spacial score (nSPS) is 11.2. The largest absolute Gasteiger partial charge is 0.346 e. The number of amides is 1. The molecule has 0 bridgehead atoms. The summed E-state index contributed by atoms with van der Waals surface area (Å²) >= 11 is 0. The highest BCUT2D eigenvalue weighted by atomic mass is 16.1. The van der Waals surface area contributed by atoms with E-state index in [0.29, 0.717) is 6.54 Å². The zero-order chi connectivity index (χ0) is 19.1. The molecule has 0 fully saturated rings. The van der Waals surface area contributed by atoms with Gasteiger partial charge in [-0.2, -0.15) is 5.10 Å². The molecule has 0 radical (unpaired) electrons. The topological polar surface area (TPSA) is 51.4 Å². The van der Waals surface area contributed by atoms with Crippen molar-refractivity contribution < 1.29 is 9.69 Å². The van der Waals surface area contributed by atoms with Crippen LogP contribution >= 0.6 is 0 Å². The van der Waals surface area contributed by atoms with Crippen molar-refractivity contribution in [2.45, 2.75) is 46.5 Å². The maximum atomic E-state index is 13.0. The molecule has 5 heteroatoms. The van der Waals surface area contributed by atoms with Crippen molar-refractivity contribution in [3.63, 3.8) is 0 Å². The van der Waals surface area contributed by atoms with Crippen molar-refractivity contribution in [2.24, 2.45) is 0 Å². The van der Waals surface area contributed by atoms with Crippen LogP contribution in [0.1, 0.15) is 54.0 Å². The zero-order valence-electron chi connectivity index (χ0n) is 16.9. The van der Waals surface area contributed by atoms with Gasteiger partial charge in [-0.3, -0.25) is 4.79 Å². The lowest BCUT2D eigenvalue weighted by Crippen LogP contribution is -3.06. The summed E-state index contributed by atoms with van der Waals surface area (Å²) in [6, 6.07) is 8.31. The van der Waals surface area contributed by atoms with Crippen LogP contribution in [0.5, 0.6) is 0 Å². The average Bonchev–Trinajstić information content (AvgIpc) is 2.93. The number of likely N-dealkylation sites (N-methyl/N-ethyl adjacent to an activating group) is 1. The number of rotatable bonds is 9. The lowest BCUT2D eigenvalue weighted by molar-refractivity contribution is -0.856. The number of benzene rings is 1. The molecule has 1 heterocycles. The fourth-order valence-corrected chi connectivity index (χ4v) is 3.13. The fourth-order valence-electron chi connectivity index (χ4n) is 3.13. The van der Waals surface area contributed by atoms with Gasteiger partial charge in [0.15, 0.2) is 0 Å². The highest BCUT2D eigenvalue weighted by Crippen LogP contribution is 2.22. The highest BCUT2D eigenvalue weighted by Gasteiger charge is 2.23. The summed E-state index contributed by atoms with van der Waals surface area (Å²) < 4.78 is 1.98. The minimum absolute atomic E-state index is 0.0112. The van der Waals surface area contributed by atoms with Crippen LogP contribution in [0.2, 0.25) is 0 Å². The van der Waals surface area contributed by atoms with E-state index < -0.39 is 0 Å². The first-order valence-corrected chi connectivity index (χ1v) is 9.72. The van der Waals surface area contributed by atoms with Crippen molar-refractivity contribution in [1.29, 1.82) is 0 Å². The van der Waals surface area contributed by atoms with Crippen molar-refractivity contribution in [3.8, 4) is 5.69 Å². The van der Waals surface area contributed by atoms with E-state index >= 15 is 0 Å². The van der Waals surface area contributed by atoms with E-state index in [1.54, 1.807) is 0 Å². The summed E-state index contributed by atoms with van der Waals surface area (Å²) in [4.78, 5) is 14.3. The van der Waals surface area contributed by atoms with Gasteiger partial charge in [-0.1, -0.05) is 38.8 Å². The summed E-state index contributed by atoms with van der Waals surface area (Å²) in [6.45, 7) is 7.93. The third-order valence-corrected chi connectivity index (χ3v) is 4.41. The smallest absolute Gasteiger partial charge is 0.255 e. The van der Waals surface area contributed by atoms with E-state index in [9.17, 15) is 4.79 Å². The minimum atomic E-state index is 0.0112. The summed E-state index contributed by atoms with van der Waals surface area (Å²) in [5.41, 5.74) is 4.94.